The molecule has 0 spiro atoms. The van der Waals surface area contributed by atoms with Gasteiger partial charge in [-0.25, -0.2) is 0 Å². The van der Waals surface area contributed by atoms with Gasteiger partial charge in [0.05, 0.1) is 0 Å². The number of carboxylic acid groups (broad SMARTS) is 1. The van der Waals surface area contributed by atoms with E-state index >= 15 is 0 Å². The number of aliphatic carboxylic acids is 1. The average molecular weight is 345 g/mol. The van der Waals surface area contributed by atoms with Gasteiger partial charge in [0.2, 0.25) is 0 Å². The highest BCUT2D eigenvalue weighted by Gasteiger charge is 1.92. The summed E-state index contributed by atoms with van der Waals surface area (Å²) in [4.78, 5) is 10.4. The van der Waals surface area contributed by atoms with E-state index in [4.69, 9.17) is 5.11 Å². The van der Waals surface area contributed by atoms with Crippen LogP contribution in [0.25, 0.3) is 0 Å². The first-order valence-corrected chi connectivity index (χ1v) is 9.67. The third-order valence-corrected chi connectivity index (χ3v) is 3.74. The first kappa shape index (κ1) is 23.2. The van der Waals surface area contributed by atoms with Gasteiger partial charge in [-0.1, -0.05) is 87.4 Å². The Kier molecular flexibility index (Phi) is 17.2. The summed E-state index contributed by atoms with van der Waals surface area (Å²) in [6.07, 6.45) is 30.4. The molecule has 1 unspecified atom stereocenters. The van der Waals surface area contributed by atoms with E-state index in [-0.39, 0.29) is 6.42 Å². The molecule has 0 aliphatic rings. The molecular formula is C23H36O2. The maximum absolute atomic E-state index is 10.4. The zero-order valence-electron chi connectivity index (χ0n) is 16.1. The third-order valence-electron chi connectivity index (χ3n) is 3.74. The molecule has 0 saturated carbocycles. The van der Waals surface area contributed by atoms with Crippen LogP contribution >= 0.6 is 0 Å². The molecule has 0 rings (SSSR count). The molecule has 0 aliphatic heterocycles. The molecule has 2 heteroatoms. The highest BCUT2D eigenvalue weighted by Crippen LogP contribution is 2.06. The number of hydrogen-bond acceptors (Lipinski definition) is 1. The van der Waals surface area contributed by atoms with Gasteiger partial charge < -0.3 is 5.11 Å². The Morgan fingerprint density at radius 1 is 0.880 bits per heavy atom. The number of allylic oxidation sites excluding steroid dienone is 10. The lowest BCUT2D eigenvalue weighted by molar-refractivity contribution is -0.136. The number of carboxylic acids is 1. The van der Waals surface area contributed by atoms with E-state index in [0.29, 0.717) is 12.3 Å². The molecule has 0 aromatic carbocycles. The standard InChI is InChI=1S/C23H36O2/c1-3-4-5-6-7-8-9-10-11-12-13-16-19-22(2)20-17-14-15-18-21-23(24)25/h7-8,10-11,13-17,20,22H,3-6,9,12,18-19,21H2,1-2H3,(H,24,25)/b8-7-,11-10-,15-14-,16-13-,20-17+. The first-order chi connectivity index (χ1) is 12.2. The van der Waals surface area contributed by atoms with Gasteiger partial charge in [0.25, 0.3) is 0 Å². The molecule has 0 amide bonds. The van der Waals surface area contributed by atoms with Crippen molar-refractivity contribution in [2.75, 3.05) is 0 Å². The van der Waals surface area contributed by atoms with Crippen LogP contribution < -0.4 is 0 Å². The molecule has 0 radical (unpaired) electrons. The van der Waals surface area contributed by atoms with Crippen LogP contribution in [-0.2, 0) is 4.79 Å². The van der Waals surface area contributed by atoms with E-state index < -0.39 is 5.97 Å². The van der Waals surface area contributed by atoms with Crippen LogP contribution in [0, 0.1) is 5.92 Å². The van der Waals surface area contributed by atoms with E-state index in [2.05, 4.69) is 56.4 Å². The summed E-state index contributed by atoms with van der Waals surface area (Å²) in [5.41, 5.74) is 0. The molecule has 0 aromatic heterocycles. The maximum atomic E-state index is 10.4. The Balaban J connectivity index is 3.65. The summed E-state index contributed by atoms with van der Waals surface area (Å²) in [5.74, 6) is -0.250. The lowest BCUT2D eigenvalue weighted by Crippen LogP contribution is -1.91. The molecule has 25 heavy (non-hydrogen) atoms. The highest BCUT2D eigenvalue weighted by atomic mass is 16.4. The number of carbonyl (C=O) groups is 1. The van der Waals surface area contributed by atoms with Crippen LogP contribution in [0.5, 0.6) is 0 Å². The molecule has 0 saturated heterocycles. The normalized spacial score (nSPS) is 14.0. The fourth-order valence-electron chi connectivity index (χ4n) is 2.20. The van der Waals surface area contributed by atoms with Gasteiger partial charge in [-0.2, -0.15) is 0 Å². The van der Waals surface area contributed by atoms with E-state index in [0.717, 1.165) is 19.3 Å². The predicted octanol–water partition coefficient (Wildman–Crippen LogP) is 7.02. The Bertz CT molecular complexity index is 453. The molecule has 1 N–H and O–H groups in total. The minimum atomic E-state index is -0.746. The van der Waals surface area contributed by atoms with Gasteiger partial charge in [-0.15, -0.1) is 0 Å². The molecule has 0 fully saturated rings. The summed E-state index contributed by atoms with van der Waals surface area (Å²) in [5, 5.41) is 8.53. The Hall–Kier alpha value is -1.83. The molecular weight excluding hydrogens is 308 g/mol. The molecule has 0 heterocycles. The number of unbranched alkanes of at least 4 members (excludes halogenated alkanes) is 3. The Morgan fingerprint density at radius 3 is 2.24 bits per heavy atom. The molecule has 0 bridgehead atoms. The van der Waals surface area contributed by atoms with Crippen LogP contribution in [-0.4, -0.2) is 11.1 Å². The quantitative estimate of drug-likeness (QED) is 0.197. The summed E-state index contributed by atoms with van der Waals surface area (Å²) >= 11 is 0. The second-order valence-electron chi connectivity index (χ2n) is 6.34. The van der Waals surface area contributed by atoms with E-state index in [9.17, 15) is 4.79 Å². The SMILES string of the molecule is CCCCC/C=C\C/C=C\C/C=C\CC(C)/C=C/C=C\CCC(=O)O. The van der Waals surface area contributed by atoms with Gasteiger partial charge in [-0.3, -0.25) is 4.79 Å². The third kappa shape index (κ3) is 20.1. The second-order valence-corrected chi connectivity index (χ2v) is 6.34. The summed E-state index contributed by atoms with van der Waals surface area (Å²) in [6.45, 7) is 4.42. The zero-order valence-corrected chi connectivity index (χ0v) is 16.1. The minimum Gasteiger partial charge on any atom is -0.481 e. The van der Waals surface area contributed by atoms with Crippen molar-refractivity contribution in [3.05, 3.63) is 60.8 Å². The maximum Gasteiger partial charge on any atom is 0.303 e. The van der Waals surface area contributed by atoms with Crippen molar-refractivity contribution < 1.29 is 9.90 Å². The van der Waals surface area contributed by atoms with Crippen LogP contribution in [0.1, 0.15) is 71.6 Å². The van der Waals surface area contributed by atoms with Crippen molar-refractivity contribution in [1.82, 2.24) is 0 Å². The topological polar surface area (TPSA) is 37.3 Å². The van der Waals surface area contributed by atoms with Crippen molar-refractivity contribution in [3.8, 4) is 0 Å². The largest absolute Gasteiger partial charge is 0.481 e. The molecule has 1 atom stereocenters. The van der Waals surface area contributed by atoms with E-state index in [1.807, 2.05) is 18.2 Å². The summed E-state index contributed by atoms with van der Waals surface area (Å²) in [7, 11) is 0. The molecule has 0 aliphatic carbocycles. The molecule has 140 valence electrons. The lowest BCUT2D eigenvalue weighted by atomic mass is 10.1. The molecule has 0 aromatic rings. The molecule has 2 nitrogen and oxygen atoms in total. The Labute approximate surface area is 154 Å². The van der Waals surface area contributed by atoms with Crippen LogP contribution in [0.2, 0.25) is 0 Å². The van der Waals surface area contributed by atoms with Gasteiger partial charge in [0.1, 0.15) is 0 Å². The fraction of sp³-hybridized carbons (Fsp3) is 0.522. The van der Waals surface area contributed by atoms with Gasteiger partial charge in [0, 0.05) is 6.42 Å². The monoisotopic (exact) mass is 344 g/mol. The van der Waals surface area contributed by atoms with Crippen LogP contribution in [0.15, 0.2) is 60.8 Å². The van der Waals surface area contributed by atoms with Crippen molar-refractivity contribution in [2.24, 2.45) is 5.92 Å². The van der Waals surface area contributed by atoms with Gasteiger partial charge in [0.15, 0.2) is 0 Å². The van der Waals surface area contributed by atoms with Crippen molar-refractivity contribution >= 4 is 5.97 Å². The first-order valence-electron chi connectivity index (χ1n) is 9.67. The van der Waals surface area contributed by atoms with Crippen LogP contribution in [0.4, 0.5) is 0 Å². The van der Waals surface area contributed by atoms with Crippen molar-refractivity contribution in [1.29, 1.82) is 0 Å². The van der Waals surface area contributed by atoms with Crippen molar-refractivity contribution in [3.63, 3.8) is 0 Å². The second kappa shape index (κ2) is 18.5. The van der Waals surface area contributed by atoms with E-state index in [1.165, 1.54) is 25.7 Å². The van der Waals surface area contributed by atoms with Crippen LogP contribution in [0.3, 0.4) is 0 Å². The zero-order chi connectivity index (χ0) is 18.6. The van der Waals surface area contributed by atoms with Gasteiger partial charge >= 0.3 is 5.97 Å². The summed E-state index contributed by atoms with van der Waals surface area (Å²) in [6, 6.07) is 0. The average Bonchev–Trinajstić information content (AvgIpc) is 2.58. The smallest absolute Gasteiger partial charge is 0.303 e. The highest BCUT2D eigenvalue weighted by molar-refractivity contribution is 5.66. The number of hydrogen-bond donors (Lipinski definition) is 1. The lowest BCUT2D eigenvalue weighted by Gasteiger charge is -1.99. The van der Waals surface area contributed by atoms with Gasteiger partial charge in [-0.05, 0) is 44.4 Å². The fourth-order valence-corrected chi connectivity index (χ4v) is 2.20. The minimum absolute atomic E-state index is 0.199. The van der Waals surface area contributed by atoms with E-state index in [1.54, 1.807) is 0 Å². The summed E-state index contributed by atoms with van der Waals surface area (Å²) < 4.78 is 0. The van der Waals surface area contributed by atoms with Crippen molar-refractivity contribution in [2.45, 2.75) is 71.6 Å². The number of rotatable bonds is 15. The predicted molar refractivity (Wildman–Crippen MR) is 110 cm³/mol. The Morgan fingerprint density at radius 2 is 1.56 bits per heavy atom.